The van der Waals surface area contributed by atoms with Crippen molar-refractivity contribution in [2.75, 3.05) is 5.32 Å². The van der Waals surface area contributed by atoms with Gasteiger partial charge in [-0.15, -0.1) is 0 Å². The number of carbonyl (C=O) groups excluding carboxylic acids is 1. The van der Waals surface area contributed by atoms with Crippen LogP contribution in [0.5, 0.6) is 0 Å². The number of hydrogen-bond acceptors (Lipinski definition) is 4. The van der Waals surface area contributed by atoms with Crippen LogP contribution < -0.4 is 11.1 Å². The van der Waals surface area contributed by atoms with Crippen LogP contribution >= 0.6 is 15.9 Å². The Labute approximate surface area is 129 Å². The number of nitrogens with zero attached hydrogens (tertiary/aromatic N) is 1. The van der Waals surface area contributed by atoms with Crippen molar-refractivity contribution < 1.29 is 9.72 Å². The van der Waals surface area contributed by atoms with Crippen LogP contribution in [0.3, 0.4) is 0 Å². The molecule has 0 heterocycles. The Balaban J connectivity index is 2.24. The molecule has 1 amide bonds. The summed E-state index contributed by atoms with van der Waals surface area (Å²) in [5.41, 5.74) is 6.78. The fourth-order valence-electron chi connectivity index (χ4n) is 1.75. The van der Waals surface area contributed by atoms with Gasteiger partial charge in [0, 0.05) is 22.6 Å². The maximum Gasteiger partial charge on any atom is 0.293 e. The summed E-state index contributed by atoms with van der Waals surface area (Å²) in [5.74, 6) is -0.413. The van der Waals surface area contributed by atoms with Gasteiger partial charge >= 0.3 is 0 Å². The minimum Gasteiger partial charge on any atom is -0.326 e. The monoisotopic (exact) mass is 349 g/mol. The quantitative estimate of drug-likeness (QED) is 0.654. The van der Waals surface area contributed by atoms with Crippen molar-refractivity contribution >= 4 is 33.2 Å². The lowest BCUT2D eigenvalue weighted by molar-refractivity contribution is -0.384. The third-order valence-corrected chi connectivity index (χ3v) is 3.35. The van der Waals surface area contributed by atoms with Gasteiger partial charge in [0.2, 0.25) is 0 Å². The Morgan fingerprint density at radius 2 is 1.90 bits per heavy atom. The van der Waals surface area contributed by atoms with E-state index in [2.05, 4.69) is 21.2 Å². The Bertz CT molecular complexity index is 686. The van der Waals surface area contributed by atoms with Crippen molar-refractivity contribution in [3.05, 3.63) is 68.2 Å². The summed E-state index contributed by atoms with van der Waals surface area (Å²) in [4.78, 5) is 22.5. The molecule has 2 aromatic rings. The van der Waals surface area contributed by atoms with Gasteiger partial charge in [0.15, 0.2) is 0 Å². The predicted molar refractivity (Wildman–Crippen MR) is 83.1 cm³/mol. The Morgan fingerprint density at radius 3 is 2.48 bits per heavy atom. The summed E-state index contributed by atoms with van der Waals surface area (Å²) in [6.45, 7) is 0.389. The number of nitrogens with one attached hydrogen (secondary N) is 1. The first-order chi connectivity index (χ1) is 10.0. The van der Waals surface area contributed by atoms with E-state index >= 15 is 0 Å². The molecule has 21 heavy (non-hydrogen) atoms. The molecule has 108 valence electrons. The van der Waals surface area contributed by atoms with E-state index in [1.807, 2.05) is 0 Å². The molecule has 0 fully saturated rings. The molecule has 0 aliphatic rings. The van der Waals surface area contributed by atoms with Crippen molar-refractivity contribution in [2.45, 2.75) is 6.54 Å². The number of nitro groups is 1. The molecule has 2 aromatic carbocycles. The van der Waals surface area contributed by atoms with Crippen LogP contribution in [0.25, 0.3) is 0 Å². The van der Waals surface area contributed by atoms with Gasteiger partial charge in [-0.05, 0) is 29.8 Å². The van der Waals surface area contributed by atoms with Crippen molar-refractivity contribution in [1.29, 1.82) is 0 Å². The van der Waals surface area contributed by atoms with Crippen LogP contribution in [0.15, 0.2) is 46.9 Å². The van der Waals surface area contributed by atoms with Crippen LogP contribution in [0, 0.1) is 10.1 Å². The van der Waals surface area contributed by atoms with E-state index in [4.69, 9.17) is 5.73 Å². The number of carbonyl (C=O) groups is 1. The fraction of sp³-hybridized carbons (Fsp3) is 0.0714. The van der Waals surface area contributed by atoms with Crippen molar-refractivity contribution in [3.63, 3.8) is 0 Å². The highest BCUT2D eigenvalue weighted by molar-refractivity contribution is 9.10. The summed E-state index contributed by atoms with van der Waals surface area (Å²) >= 11 is 3.16. The topological polar surface area (TPSA) is 98.3 Å². The van der Waals surface area contributed by atoms with E-state index in [0.717, 1.165) is 5.56 Å². The summed E-state index contributed by atoms with van der Waals surface area (Å²) in [5, 5.41) is 13.5. The number of benzene rings is 2. The molecular weight excluding hydrogens is 338 g/mol. The molecule has 0 aliphatic carbocycles. The van der Waals surface area contributed by atoms with E-state index in [1.165, 1.54) is 12.1 Å². The highest BCUT2D eigenvalue weighted by atomic mass is 79.9. The van der Waals surface area contributed by atoms with E-state index in [9.17, 15) is 14.9 Å². The average Bonchev–Trinajstić information content (AvgIpc) is 2.49. The summed E-state index contributed by atoms with van der Waals surface area (Å²) in [6.07, 6.45) is 0. The van der Waals surface area contributed by atoms with Gasteiger partial charge in [-0.25, -0.2) is 0 Å². The van der Waals surface area contributed by atoms with Gasteiger partial charge in [0.05, 0.1) is 4.92 Å². The van der Waals surface area contributed by atoms with Crippen LogP contribution in [-0.2, 0) is 6.54 Å². The molecule has 0 aliphatic heterocycles. The number of halogens is 1. The molecule has 0 spiro atoms. The first-order valence-electron chi connectivity index (χ1n) is 6.05. The summed E-state index contributed by atoms with van der Waals surface area (Å²) in [7, 11) is 0. The zero-order valence-electron chi connectivity index (χ0n) is 10.9. The number of hydrogen-bond donors (Lipinski definition) is 2. The molecule has 0 aromatic heterocycles. The molecule has 6 nitrogen and oxygen atoms in total. The van der Waals surface area contributed by atoms with Crippen LogP contribution in [0.1, 0.15) is 15.9 Å². The first kappa shape index (κ1) is 15.1. The van der Waals surface area contributed by atoms with Crippen molar-refractivity contribution in [1.82, 2.24) is 0 Å². The molecule has 0 atom stereocenters. The van der Waals surface area contributed by atoms with Crippen LogP contribution in [-0.4, -0.2) is 10.8 Å². The van der Waals surface area contributed by atoms with Gasteiger partial charge in [0.1, 0.15) is 5.69 Å². The molecule has 3 N–H and O–H groups in total. The molecular formula is C14H12BrN3O3. The lowest BCUT2D eigenvalue weighted by Gasteiger charge is -2.07. The van der Waals surface area contributed by atoms with Gasteiger partial charge in [0.25, 0.3) is 11.6 Å². The van der Waals surface area contributed by atoms with Gasteiger partial charge in [-0.1, -0.05) is 28.1 Å². The zero-order chi connectivity index (χ0) is 15.4. The number of nitrogens with two attached hydrogens (primary N) is 1. The second-order valence-corrected chi connectivity index (χ2v) is 5.19. The normalized spacial score (nSPS) is 10.2. The average molecular weight is 350 g/mol. The van der Waals surface area contributed by atoms with Crippen LogP contribution in [0.2, 0.25) is 0 Å². The first-order valence-corrected chi connectivity index (χ1v) is 6.85. The Hall–Kier alpha value is -2.25. The lowest BCUT2D eigenvalue weighted by atomic mass is 10.1. The maximum absolute atomic E-state index is 12.1. The molecule has 2 rings (SSSR count). The standard InChI is InChI=1S/C14H12BrN3O3/c15-11-5-6-12(13(7-11)18(20)21)17-14(19)10-3-1-9(8-16)2-4-10/h1-7H,8,16H2,(H,17,19). The second kappa shape index (κ2) is 6.47. The van der Waals surface area contributed by atoms with E-state index < -0.39 is 10.8 Å². The molecule has 0 bridgehead atoms. The second-order valence-electron chi connectivity index (χ2n) is 4.27. The van der Waals surface area contributed by atoms with Crippen molar-refractivity contribution in [2.24, 2.45) is 5.73 Å². The van der Waals surface area contributed by atoms with E-state index in [0.29, 0.717) is 16.6 Å². The smallest absolute Gasteiger partial charge is 0.293 e. The highest BCUT2D eigenvalue weighted by Gasteiger charge is 2.17. The van der Waals surface area contributed by atoms with E-state index in [1.54, 1.807) is 30.3 Å². The zero-order valence-corrected chi connectivity index (χ0v) is 12.5. The number of anilines is 1. The molecule has 7 heteroatoms. The van der Waals surface area contributed by atoms with E-state index in [-0.39, 0.29) is 11.4 Å². The maximum atomic E-state index is 12.1. The molecule has 0 radical (unpaired) electrons. The molecule has 0 saturated carbocycles. The third-order valence-electron chi connectivity index (χ3n) is 2.86. The summed E-state index contributed by atoms with van der Waals surface area (Å²) < 4.78 is 0.569. The van der Waals surface area contributed by atoms with Crippen molar-refractivity contribution in [3.8, 4) is 0 Å². The Morgan fingerprint density at radius 1 is 1.24 bits per heavy atom. The SMILES string of the molecule is NCc1ccc(C(=O)Nc2ccc(Br)cc2[N+](=O)[O-])cc1. The van der Waals surface area contributed by atoms with Gasteiger partial charge in [-0.2, -0.15) is 0 Å². The number of nitro benzene ring substituents is 1. The minimum absolute atomic E-state index is 0.149. The largest absolute Gasteiger partial charge is 0.326 e. The fourth-order valence-corrected chi connectivity index (χ4v) is 2.10. The number of rotatable bonds is 4. The molecule has 0 unspecified atom stereocenters. The third kappa shape index (κ3) is 3.65. The molecule has 0 saturated heterocycles. The minimum atomic E-state index is -0.544. The van der Waals surface area contributed by atoms with Crippen LogP contribution in [0.4, 0.5) is 11.4 Å². The Kier molecular flexibility index (Phi) is 4.66. The van der Waals surface area contributed by atoms with Gasteiger partial charge < -0.3 is 11.1 Å². The lowest BCUT2D eigenvalue weighted by Crippen LogP contribution is -2.13. The highest BCUT2D eigenvalue weighted by Crippen LogP contribution is 2.28. The van der Waals surface area contributed by atoms with Gasteiger partial charge in [-0.3, -0.25) is 14.9 Å². The summed E-state index contributed by atoms with van der Waals surface area (Å²) in [6, 6.07) is 11.2. The predicted octanol–water partition coefficient (Wildman–Crippen LogP) is 3.07. The number of amides is 1.